The van der Waals surface area contributed by atoms with Crippen LogP contribution in [0, 0.1) is 0 Å². The minimum atomic E-state index is -2.58. The summed E-state index contributed by atoms with van der Waals surface area (Å²) in [6.07, 6.45) is 0.00847. The smallest absolute Gasteiger partial charge is 0.250 e. The first-order valence-electron chi connectivity index (χ1n) is 3.63. The van der Waals surface area contributed by atoms with E-state index in [1.165, 1.54) is 7.11 Å². The summed E-state index contributed by atoms with van der Waals surface area (Å²) in [6.45, 7) is 0.225. The fourth-order valence-corrected chi connectivity index (χ4v) is 1.53. The van der Waals surface area contributed by atoms with E-state index in [9.17, 15) is 8.78 Å². The summed E-state index contributed by atoms with van der Waals surface area (Å²) in [7, 11) is 1.48. The predicted molar refractivity (Wildman–Crippen MR) is 44.8 cm³/mol. The number of methoxy groups -OCH3 is 1. The Labute approximate surface area is 76.9 Å². The highest BCUT2D eigenvalue weighted by atomic mass is 35.5. The van der Waals surface area contributed by atoms with Gasteiger partial charge >= 0.3 is 0 Å². The van der Waals surface area contributed by atoms with Crippen molar-refractivity contribution in [1.82, 2.24) is 0 Å². The molecular formula is C7H14ClF2NO. The Morgan fingerprint density at radius 2 is 2.00 bits per heavy atom. The summed E-state index contributed by atoms with van der Waals surface area (Å²) >= 11 is 0. The van der Waals surface area contributed by atoms with Crippen molar-refractivity contribution >= 4 is 12.4 Å². The van der Waals surface area contributed by atoms with Crippen molar-refractivity contribution in [3.63, 3.8) is 0 Å². The molecule has 2 nitrogen and oxygen atoms in total. The lowest BCUT2D eigenvalue weighted by Crippen LogP contribution is -2.42. The molecule has 0 saturated heterocycles. The Kier molecular flexibility index (Phi) is 3.87. The molecule has 0 amide bonds. The van der Waals surface area contributed by atoms with E-state index in [0.29, 0.717) is 6.42 Å². The van der Waals surface area contributed by atoms with Crippen molar-refractivity contribution in [3.05, 3.63) is 0 Å². The van der Waals surface area contributed by atoms with E-state index in [-0.39, 0.29) is 31.9 Å². The molecule has 0 heterocycles. The molecule has 0 aromatic carbocycles. The number of hydrogen-bond acceptors (Lipinski definition) is 2. The van der Waals surface area contributed by atoms with Crippen LogP contribution in [0.3, 0.4) is 0 Å². The van der Waals surface area contributed by atoms with E-state index in [2.05, 4.69) is 0 Å². The SMILES string of the molecule is COCC1(N)CCC(F)(F)C1.Cl. The van der Waals surface area contributed by atoms with Gasteiger partial charge in [-0.2, -0.15) is 0 Å². The van der Waals surface area contributed by atoms with E-state index in [4.69, 9.17) is 10.5 Å². The van der Waals surface area contributed by atoms with Gasteiger partial charge in [0.25, 0.3) is 0 Å². The molecule has 1 fully saturated rings. The lowest BCUT2D eigenvalue weighted by molar-refractivity contribution is -0.00241. The first-order chi connectivity index (χ1) is 4.97. The Morgan fingerprint density at radius 1 is 1.42 bits per heavy atom. The van der Waals surface area contributed by atoms with Crippen LogP contribution in [-0.4, -0.2) is 25.2 Å². The molecule has 74 valence electrons. The molecule has 0 radical (unpaired) electrons. The van der Waals surface area contributed by atoms with Crippen molar-refractivity contribution in [2.45, 2.75) is 30.7 Å². The Bertz CT molecular complexity index is 156. The van der Waals surface area contributed by atoms with Crippen molar-refractivity contribution in [3.8, 4) is 0 Å². The van der Waals surface area contributed by atoms with Gasteiger partial charge in [0.1, 0.15) is 0 Å². The molecular weight excluding hydrogens is 188 g/mol. The van der Waals surface area contributed by atoms with Gasteiger partial charge in [-0.3, -0.25) is 0 Å². The third kappa shape index (κ3) is 2.84. The monoisotopic (exact) mass is 201 g/mol. The van der Waals surface area contributed by atoms with Gasteiger partial charge in [0.15, 0.2) is 0 Å². The van der Waals surface area contributed by atoms with Gasteiger partial charge in [0.05, 0.1) is 6.61 Å². The number of hydrogen-bond donors (Lipinski definition) is 1. The normalized spacial score (nSPS) is 33.0. The fourth-order valence-electron chi connectivity index (χ4n) is 1.53. The lowest BCUT2D eigenvalue weighted by Gasteiger charge is -2.22. The first-order valence-corrected chi connectivity index (χ1v) is 3.63. The van der Waals surface area contributed by atoms with E-state index < -0.39 is 11.5 Å². The van der Waals surface area contributed by atoms with Crippen molar-refractivity contribution in [1.29, 1.82) is 0 Å². The average molecular weight is 202 g/mol. The Hall–Kier alpha value is 0.0700. The Morgan fingerprint density at radius 3 is 2.33 bits per heavy atom. The summed E-state index contributed by atoms with van der Waals surface area (Å²) in [6, 6.07) is 0. The number of nitrogens with two attached hydrogens (primary N) is 1. The van der Waals surface area contributed by atoms with E-state index >= 15 is 0 Å². The second-order valence-electron chi connectivity index (χ2n) is 3.33. The van der Waals surface area contributed by atoms with Gasteiger partial charge in [0, 0.05) is 25.5 Å². The van der Waals surface area contributed by atoms with Crippen molar-refractivity contribution in [2.24, 2.45) is 5.73 Å². The van der Waals surface area contributed by atoms with Gasteiger partial charge in [-0.1, -0.05) is 0 Å². The minimum absolute atomic E-state index is 0. The summed E-state index contributed by atoms with van der Waals surface area (Å²) < 4.78 is 30.0. The van der Waals surface area contributed by atoms with Crippen LogP contribution in [0.4, 0.5) is 8.78 Å². The van der Waals surface area contributed by atoms with Crippen molar-refractivity contribution < 1.29 is 13.5 Å². The maximum Gasteiger partial charge on any atom is 0.250 e. The maximum absolute atomic E-state index is 12.6. The second-order valence-corrected chi connectivity index (χ2v) is 3.33. The van der Waals surface area contributed by atoms with Crippen LogP contribution in [0.25, 0.3) is 0 Å². The lowest BCUT2D eigenvalue weighted by atomic mass is 10.0. The number of alkyl halides is 2. The highest BCUT2D eigenvalue weighted by molar-refractivity contribution is 5.85. The van der Waals surface area contributed by atoms with Gasteiger partial charge < -0.3 is 10.5 Å². The first kappa shape index (κ1) is 12.1. The van der Waals surface area contributed by atoms with Crippen LogP contribution in [0.2, 0.25) is 0 Å². The van der Waals surface area contributed by atoms with Crippen LogP contribution in [-0.2, 0) is 4.74 Å². The molecule has 1 saturated carbocycles. The molecule has 1 unspecified atom stereocenters. The van der Waals surface area contributed by atoms with Crippen LogP contribution < -0.4 is 5.73 Å². The van der Waals surface area contributed by atoms with Crippen LogP contribution in [0.15, 0.2) is 0 Å². The molecule has 1 rings (SSSR count). The van der Waals surface area contributed by atoms with E-state index in [1.807, 2.05) is 0 Å². The van der Waals surface area contributed by atoms with Crippen LogP contribution in [0.5, 0.6) is 0 Å². The summed E-state index contributed by atoms with van der Waals surface area (Å²) in [5.41, 5.74) is 4.85. The van der Waals surface area contributed by atoms with Gasteiger partial charge in [-0.05, 0) is 6.42 Å². The van der Waals surface area contributed by atoms with Crippen LogP contribution >= 0.6 is 12.4 Å². The second kappa shape index (κ2) is 3.85. The number of ether oxygens (including phenoxy) is 1. The molecule has 0 spiro atoms. The molecule has 1 aliphatic carbocycles. The maximum atomic E-state index is 12.6. The zero-order chi connectivity index (χ0) is 8.54. The summed E-state index contributed by atoms with van der Waals surface area (Å²) in [5, 5.41) is 0. The zero-order valence-electron chi connectivity index (χ0n) is 6.98. The molecule has 1 atom stereocenters. The minimum Gasteiger partial charge on any atom is -0.383 e. The van der Waals surface area contributed by atoms with Gasteiger partial charge in [-0.15, -0.1) is 12.4 Å². The van der Waals surface area contributed by atoms with E-state index in [1.54, 1.807) is 0 Å². The number of rotatable bonds is 2. The van der Waals surface area contributed by atoms with E-state index in [0.717, 1.165) is 0 Å². The molecule has 1 aliphatic rings. The topological polar surface area (TPSA) is 35.2 Å². The highest BCUT2D eigenvalue weighted by Crippen LogP contribution is 2.40. The molecule has 2 N–H and O–H groups in total. The number of halogens is 3. The Balaban J connectivity index is 0.00000121. The molecule has 0 aliphatic heterocycles. The largest absolute Gasteiger partial charge is 0.383 e. The summed E-state index contributed by atoms with van der Waals surface area (Å²) in [4.78, 5) is 0. The molecule has 0 aromatic heterocycles. The quantitative estimate of drug-likeness (QED) is 0.736. The van der Waals surface area contributed by atoms with Gasteiger partial charge in [0.2, 0.25) is 5.92 Å². The summed E-state index contributed by atoms with van der Waals surface area (Å²) in [5.74, 6) is -2.58. The van der Waals surface area contributed by atoms with Gasteiger partial charge in [-0.25, -0.2) is 8.78 Å². The average Bonchev–Trinajstić information content (AvgIpc) is 2.07. The zero-order valence-corrected chi connectivity index (χ0v) is 7.79. The molecule has 12 heavy (non-hydrogen) atoms. The third-order valence-corrected chi connectivity index (χ3v) is 2.03. The fraction of sp³-hybridized carbons (Fsp3) is 1.00. The predicted octanol–water partition coefficient (Wildman–Crippen LogP) is 1.57. The molecule has 5 heteroatoms. The van der Waals surface area contributed by atoms with Crippen LogP contribution in [0.1, 0.15) is 19.3 Å². The third-order valence-electron chi connectivity index (χ3n) is 2.03. The standard InChI is InChI=1S/C7H13F2NO.ClH/c1-11-5-6(10)2-3-7(8,9)4-6;/h2-5,10H2,1H3;1H. The van der Waals surface area contributed by atoms with Crippen molar-refractivity contribution in [2.75, 3.05) is 13.7 Å². The molecule has 0 aromatic rings. The molecule has 0 bridgehead atoms. The highest BCUT2D eigenvalue weighted by Gasteiger charge is 2.47.